The van der Waals surface area contributed by atoms with Crippen molar-refractivity contribution in [2.24, 2.45) is 0 Å². The van der Waals surface area contributed by atoms with Crippen LogP contribution in [0.2, 0.25) is 0 Å². The van der Waals surface area contributed by atoms with Crippen LogP contribution in [-0.2, 0) is 6.42 Å². The number of rotatable bonds is 1. The molecule has 0 saturated carbocycles. The van der Waals surface area contributed by atoms with Crippen molar-refractivity contribution in [1.82, 2.24) is 0 Å². The first-order valence-corrected chi connectivity index (χ1v) is 6.29. The first kappa shape index (κ1) is 12.3. The zero-order chi connectivity index (χ0) is 14.3. The Morgan fingerprint density at radius 3 is 2.55 bits per heavy atom. The Bertz CT molecular complexity index is 677. The highest BCUT2D eigenvalue weighted by Crippen LogP contribution is 2.34. The van der Waals surface area contributed by atoms with Crippen molar-refractivity contribution in [3.8, 4) is 11.5 Å². The molecule has 0 bridgehead atoms. The maximum absolute atomic E-state index is 12.5. The summed E-state index contributed by atoms with van der Waals surface area (Å²) in [6, 6.07) is 9.66. The van der Waals surface area contributed by atoms with E-state index in [1.54, 1.807) is 12.1 Å². The van der Waals surface area contributed by atoms with Gasteiger partial charge in [-0.15, -0.1) is 0 Å². The predicted molar refractivity (Wildman–Crippen MR) is 76.0 cm³/mol. The van der Waals surface area contributed by atoms with Crippen LogP contribution in [0.25, 0.3) is 0 Å². The molecular formula is C15H14N2O3. The molecule has 0 radical (unpaired) electrons. The smallest absolute Gasteiger partial charge is 0.265 e. The highest BCUT2D eigenvalue weighted by atomic mass is 16.3. The Kier molecular flexibility index (Phi) is 2.75. The zero-order valence-corrected chi connectivity index (χ0v) is 10.7. The van der Waals surface area contributed by atoms with E-state index in [0.29, 0.717) is 12.2 Å². The van der Waals surface area contributed by atoms with Crippen molar-refractivity contribution < 1.29 is 15.0 Å². The molecule has 1 heterocycles. The van der Waals surface area contributed by atoms with Crippen LogP contribution in [0, 0.1) is 0 Å². The van der Waals surface area contributed by atoms with E-state index in [0.717, 1.165) is 17.7 Å². The SMILES string of the molecule is Nc1ccc2c(c1)N(C(=O)c1c(O)cccc1O)CC2. The second-order valence-corrected chi connectivity index (χ2v) is 4.77. The maximum Gasteiger partial charge on any atom is 0.265 e. The molecule has 2 aromatic rings. The number of nitrogens with two attached hydrogens (primary N) is 1. The molecular weight excluding hydrogens is 256 g/mol. The number of phenolic OH excluding ortho intramolecular Hbond substituents is 2. The van der Waals surface area contributed by atoms with E-state index in [-0.39, 0.29) is 17.1 Å². The van der Waals surface area contributed by atoms with E-state index in [4.69, 9.17) is 5.73 Å². The van der Waals surface area contributed by atoms with Gasteiger partial charge in [0.15, 0.2) is 0 Å². The first-order chi connectivity index (χ1) is 9.58. The Labute approximate surface area is 115 Å². The summed E-state index contributed by atoms with van der Waals surface area (Å²) < 4.78 is 0. The molecule has 1 aliphatic heterocycles. The largest absolute Gasteiger partial charge is 0.507 e. The average Bonchev–Trinajstić information content (AvgIpc) is 2.81. The molecule has 20 heavy (non-hydrogen) atoms. The predicted octanol–water partition coefficient (Wildman–Crippen LogP) is 1.88. The molecule has 1 aliphatic rings. The normalized spacial score (nSPS) is 13.3. The minimum absolute atomic E-state index is 0.0808. The summed E-state index contributed by atoms with van der Waals surface area (Å²) in [5.41, 5.74) is 8.01. The average molecular weight is 270 g/mol. The molecule has 5 nitrogen and oxygen atoms in total. The molecule has 1 amide bonds. The Morgan fingerprint density at radius 1 is 1.15 bits per heavy atom. The number of nitrogens with zero attached hydrogens (tertiary/aromatic N) is 1. The van der Waals surface area contributed by atoms with Crippen molar-refractivity contribution in [2.45, 2.75) is 6.42 Å². The Hall–Kier alpha value is -2.69. The Balaban J connectivity index is 2.04. The number of amides is 1. The summed E-state index contributed by atoms with van der Waals surface area (Å²) in [5, 5.41) is 19.6. The van der Waals surface area contributed by atoms with E-state index >= 15 is 0 Å². The van der Waals surface area contributed by atoms with Crippen LogP contribution in [0.5, 0.6) is 11.5 Å². The van der Waals surface area contributed by atoms with Crippen molar-refractivity contribution in [2.75, 3.05) is 17.2 Å². The Morgan fingerprint density at radius 2 is 1.85 bits per heavy atom. The van der Waals surface area contributed by atoms with Gasteiger partial charge in [0.25, 0.3) is 5.91 Å². The second-order valence-electron chi connectivity index (χ2n) is 4.77. The van der Waals surface area contributed by atoms with Gasteiger partial charge in [0, 0.05) is 17.9 Å². The molecule has 4 N–H and O–H groups in total. The molecule has 0 saturated heterocycles. The summed E-state index contributed by atoms with van der Waals surface area (Å²) in [7, 11) is 0. The molecule has 0 aliphatic carbocycles. The number of carbonyl (C=O) groups excluding carboxylic acids is 1. The number of hydrogen-bond donors (Lipinski definition) is 3. The third-order valence-electron chi connectivity index (χ3n) is 3.48. The number of anilines is 2. The zero-order valence-electron chi connectivity index (χ0n) is 10.7. The quantitative estimate of drug-likeness (QED) is 0.690. The van der Waals surface area contributed by atoms with Gasteiger partial charge in [-0.3, -0.25) is 4.79 Å². The number of aromatic hydroxyl groups is 2. The molecule has 2 aromatic carbocycles. The monoisotopic (exact) mass is 270 g/mol. The van der Waals surface area contributed by atoms with E-state index in [9.17, 15) is 15.0 Å². The van der Waals surface area contributed by atoms with Gasteiger partial charge in [0.05, 0.1) is 0 Å². The van der Waals surface area contributed by atoms with Crippen molar-refractivity contribution in [3.63, 3.8) is 0 Å². The molecule has 0 fully saturated rings. The molecule has 0 aromatic heterocycles. The minimum atomic E-state index is -0.426. The van der Waals surface area contributed by atoms with Crippen LogP contribution < -0.4 is 10.6 Å². The van der Waals surface area contributed by atoms with Crippen LogP contribution in [0.15, 0.2) is 36.4 Å². The highest BCUT2D eigenvalue weighted by Gasteiger charge is 2.29. The van der Waals surface area contributed by atoms with Crippen molar-refractivity contribution in [3.05, 3.63) is 47.5 Å². The van der Waals surface area contributed by atoms with E-state index in [1.165, 1.54) is 23.1 Å². The van der Waals surface area contributed by atoms with Gasteiger partial charge in [0.2, 0.25) is 0 Å². The fourth-order valence-corrected chi connectivity index (χ4v) is 2.49. The number of benzene rings is 2. The van der Waals surface area contributed by atoms with E-state index in [1.807, 2.05) is 6.07 Å². The number of nitrogen functional groups attached to an aromatic ring is 1. The van der Waals surface area contributed by atoms with Crippen LogP contribution in [0.1, 0.15) is 15.9 Å². The highest BCUT2D eigenvalue weighted by molar-refractivity contribution is 6.10. The second kappa shape index (κ2) is 4.45. The summed E-state index contributed by atoms with van der Waals surface area (Å²) in [6.07, 6.45) is 0.732. The summed E-state index contributed by atoms with van der Waals surface area (Å²) >= 11 is 0. The van der Waals surface area contributed by atoms with Gasteiger partial charge in [-0.25, -0.2) is 0 Å². The molecule has 0 atom stereocenters. The summed E-state index contributed by atoms with van der Waals surface area (Å²) in [4.78, 5) is 14.1. The number of fused-ring (bicyclic) bond motifs is 1. The van der Waals surface area contributed by atoms with Crippen molar-refractivity contribution >= 4 is 17.3 Å². The van der Waals surface area contributed by atoms with Gasteiger partial charge < -0.3 is 20.8 Å². The molecule has 3 rings (SSSR count). The van der Waals surface area contributed by atoms with Crippen LogP contribution in [0.4, 0.5) is 11.4 Å². The third-order valence-corrected chi connectivity index (χ3v) is 3.48. The van der Waals surface area contributed by atoms with Crippen LogP contribution in [0.3, 0.4) is 0 Å². The fraction of sp³-hybridized carbons (Fsp3) is 0.133. The van der Waals surface area contributed by atoms with Crippen LogP contribution in [-0.4, -0.2) is 22.7 Å². The standard InChI is InChI=1S/C15H14N2O3/c16-10-5-4-9-6-7-17(11(9)8-10)15(20)14-12(18)2-1-3-13(14)19/h1-5,8,18-19H,6-7,16H2. The number of phenols is 2. The van der Waals surface area contributed by atoms with Gasteiger partial charge in [-0.1, -0.05) is 12.1 Å². The fourth-order valence-electron chi connectivity index (χ4n) is 2.49. The lowest BCUT2D eigenvalue weighted by molar-refractivity contribution is 0.0984. The molecule has 0 spiro atoms. The lowest BCUT2D eigenvalue weighted by Crippen LogP contribution is -2.29. The minimum Gasteiger partial charge on any atom is -0.507 e. The van der Waals surface area contributed by atoms with Gasteiger partial charge >= 0.3 is 0 Å². The third kappa shape index (κ3) is 1.84. The molecule has 102 valence electrons. The maximum atomic E-state index is 12.5. The van der Waals surface area contributed by atoms with Gasteiger partial charge in [-0.2, -0.15) is 0 Å². The summed E-state index contributed by atoms with van der Waals surface area (Å²) in [5.74, 6) is -0.885. The molecule has 0 unspecified atom stereocenters. The van der Waals surface area contributed by atoms with Gasteiger partial charge in [-0.05, 0) is 36.2 Å². The van der Waals surface area contributed by atoms with Crippen molar-refractivity contribution in [1.29, 1.82) is 0 Å². The van der Waals surface area contributed by atoms with E-state index < -0.39 is 5.91 Å². The topological polar surface area (TPSA) is 86.8 Å². The van der Waals surface area contributed by atoms with E-state index in [2.05, 4.69) is 0 Å². The number of hydrogen-bond acceptors (Lipinski definition) is 4. The lowest BCUT2D eigenvalue weighted by atomic mass is 10.1. The first-order valence-electron chi connectivity index (χ1n) is 6.29. The number of carbonyl (C=O) groups is 1. The lowest BCUT2D eigenvalue weighted by Gasteiger charge is -2.19. The summed E-state index contributed by atoms with van der Waals surface area (Å²) in [6.45, 7) is 0.505. The van der Waals surface area contributed by atoms with Crippen LogP contribution >= 0.6 is 0 Å². The molecule has 5 heteroatoms. The van der Waals surface area contributed by atoms with Gasteiger partial charge in [0.1, 0.15) is 17.1 Å².